The van der Waals surface area contributed by atoms with Gasteiger partial charge in [-0.25, -0.2) is 0 Å². The number of nitrogens with two attached hydrogens (primary N) is 1. The molecule has 19 heavy (non-hydrogen) atoms. The summed E-state index contributed by atoms with van der Waals surface area (Å²) in [6, 6.07) is 2.21. The lowest BCUT2D eigenvalue weighted by Crippen LogP contribution is -2.52. The van der Waals surface area contributed by atoms with E-state index in [0.717, 1.165) is 25.4 Å². The predicted molar refractivity (Wildman–Crippen MR) is 89.6 cm³/mol. The van der Waals surface area contributed by atoms with Gasteiger partial charge in [0.25, 0.3) is 0 Å². The maximum absolute atomic E-state index is 6.13. The van der Waals surface area contributed by atoms with E-state index in [1.165, 1.54) is 22.2 Å². The Balaban J connectivity index is 2.79. The fourth-order valence-electron chi connectivity index (χ4n) is 2.62. The summed E-state index contributed by atoms with van der Waals surface area (Å²) in [6.45, 7) is 8.56. The van der Waals surface area contributed by atoms with Crippen LogP contribution in [0.5, 0.6) is 0 Å². The molecule has 2 unspecified atom stereocenters. The molecular formula is C15H27BrN2S. The largest absolute Gasteiger partial charge is 0.329 e. The third-order valence-corrected chi connectivity index (χ3v) is 5.87. The van der Waals surface area contributed by atoms with Gasteiger partial charge in [0.05, 0.1) is 3.79 Å². The smallest absolute Gasteiger partial charge is 0.0701 e. The molecule has 110 valence electrons. The van der Waals surface area contributed by atoms with Crippen LogP contribution in [0.2, 0.25) is 0 Å². The predicted octanol–water partition coefficient (Wildman–Crippen LogP) is 4.49. The second kappa shape index (κ2) is 7.77. The quantitative estimate of drug-likeness (QED) is 0.751. The molecule has 1 aromatic heterocycles. The van der Waals surface area contributed by atoms with Crippen molar-refractivity contribution in [3.8, 4) is 0 Å². The summed E-state index contributed by atoms with van der Waals surface area (Å²) in [5, 5.41) is 2.22. The first kappa shape index (κ1) is 17.2. The summed E-state index contributed by atoms with van der Waals surface area (Å²) in [7, 11) is 2.21. The van der Waals surface area contributed by atoms with Crippen LogP contribution in [0.3, 0.4) is 0 Å². The van der Waals surface area contributed by atoms with Crippen LogP contribution in [0.25, 0.3) is 0 Å². The van der Waals surface area contributed by atoms with Crippen molar-refractivity contribution in [1.29, 1.82) is 0 Å². The molecular weight excluding hydrogens is 320 g/mol. The summed E-state index contributed by atoms with van der Waals surface area (Å²) in [4.78, 5) is 2.45. The Labute approximate surface area is 130 Å². The van der Waals surface area contributed by atoms with E-state index < -0.39 is 0 Å². The van der Waals surface area contributed by atoms with E-state index >= 15 is 0 Å². The fourth-order valence-corrected chi connectivity index (χ4v) is 3.82. The van der Waals surface area contributed by atoms with E-state index in [0.29, 0.717) is 0 Å². The second-order valence-corrected chi connectivity index (χ2v) is 7.91. The Morgan fingerprint density at radius 1 is 1.47 bits per heavy atom. The van der Waals surface area contributed by atoms with E-state index in [1.54, 1.807) is 11.3 Å². The minimum atomic E-state index is 0.129. The number of rotatable bonds is 8. The molecule has 0 aliphatic rings. The van der Waals surface area contributed by atoms with Crippen molar-refractivity contribution >= 4 is 27.3 Å². The standard InChI is InChI=1S/C15H27BrN2S/c1-5-12(3)8-15(6-2,11-17)18(4)9-13-7-14(16)19-10-13/h7,10,12H,5-6,8-9,11,17H2,1-4H3. The molecule has 0 fully saturated rings. The summed E-state index contributed by atoms with van der Waals surface area (Å²) in [5.41, 5.74) is 7.63. The van der Waals surface area contributed by atoms with Crippen LogP contribution in [-0.2, 0) is 6.54 Å². The summed E-state index contributed by atoms with van der Waals surface area (Å²) in [6.07, 6.45) is 3.51. The fraction of sp³-hybridized carbons (Fsp3) is 0.733. The highest BCUT2D eigenvalue weighted by atomic mass is 79.9. The summed E-state index contributed by atoms with van der Waals surface area (Å²) < 4.78 is 1.20. The van der Waals surface area contributed by atoms with Gasteiger partial charge in [-0.1, -0.05) is 27.2 Å². The van der Waals surface area contributed by atoms with Crippen LogP contribution in [-0.4, -0.2) is 24.0 Å². The van der Waals surface area contributed by atoms with Gasteiger partial charge in [-0.3, -0.25) is 4.90 Å². The van der Waals surface area contributed by atoms with Crippen molar-refractivity contribution in [3.63, 3.8) is 0 Å². The molecule has 0 aliphatic heterocycles. The van der Waals surface area contributed by atoms with Crippen molar-refractivity contribution in [3.05, 3.63) is 20.8 Å². The third-order valence-electron chi connectivity index (χ3n) is 4.31. The number of likely N-dealkylation sites (N-methyl/N-ethyl adjacent to an activating group) is 1. The number of hydrogen-bond donors (Lipinski definition) is 1. The Morgan fingerprint density at radius 2 is 2.16 bits per heavy atom. The monoisotopic (exact) mass is 346 g/mol. The lowest BCUT2D eigenvalue weighted by molar-refractivity contribution is 0.0856. The molecule has 0 aromatic carbocycles. The molecule has 2 N–H and O–H groups in total. The molecule has 4 heteroatoms. The number of nitrogens with zero attached hydrogens (tertiary/aromatic N) is 1. The van der Waals surface area contributed by atoms with Crippen LogP contribution in [0.4, 0.5) is 0 Å². The molecule has 1 aromatic rings. The SMILES string of the molecule is CCC(C)CC(CC)(CN)N(C)Cc1csc(Br)c1. The van der Waals surface area contributed by atoms with Gasteiger partial charge in [-0.05, 0) is 58.7 Å². The molecule has 0 aliphatic carbocycles. The number of hydrogen-bond acceptors (Lipinski definition) is 3. The van der Waals surface area contributed by atoms with Crippen molar-refractivity contribution in [1.82, 2.24) is 4.90 Å². The van der Waals surface area contributed by atoms with Crippen LogP contribution in [0.15, 0.2) is 15.2 Å². The highest BCUT2D eigenvalue weighted by Crippen LogP contribution is 2.30. The minimum Gasteiger partial charge on any atom is -0.329 e. The van der Waals surface area contributed by atoms with Gasteiger partial charge in [0.1, 0.15) is 0 Å². The van der Waals surface area contributed by atoms with Gasteiger partial charge in [-0.2, -0.15) is 0 Å². The number of thiophene rings is 1. The van der Waals surface area contributed by atoms with Crippen molar-refractivity contribution < 1.29 is 0 Å². The Morgan fingerprint density at radius 3 is 2.58 bits per heavy atom. The number of halogens is 1. The first-order chi connectivity index (χ1) is 8.97. The molecule has 1 rings (SSSR count). The first-order valence-electron chi connectivity index (χ1n) is 7.11. The molecule has 2 atom stereocenters. The van der Waals surface area contributed by atoms with E-state index in [9.17, 15) is 0 Å². The van der Waals surface area contributed by atoms with Crippen molar-refractivity contribution in [2.45, 2.75) is 52.1 Å². The molecule has 0 bridgehead atoms. The summed E-state index contributed by atoms with van der Waals surface area (Å²) in [5.74, 6) is 0.722. The van der Waals surface area contributed by atoms with E-state index in [2.05, 4.69) is 60.1 Å². The zero-order valence-corrected chi connectivity index (χ0v) is 15.0. The second-order valence-electron chi connectivity index (χ2n) is 5.61. The molecule has 0 spiro atoms. The van der Waals surface area contributed by atoms with E-state index in [4.69, 9.17) is 5.73 Å². The lowest BCUT2D eigenvalue weighted by atomic mass is 9.83. The summed E-state index contributed by atoms with van der Waals surface area (Å²) >= 11 is 5.28. The highest BCUT2D eigenvalue weighted by Gasteiger charge is 2.32. The molecule has 1 heterocycles. The van der Waals surface area contributed by atoms with Gasteiger partial charge >= 0.3 is 0 Å². The third kappa shape index (κ3) is 4.55. The molecule has 0 radical (unpaired) electrons. The average molecular weight is 347 g/mol. The van der Waals surface area contributed by atoms with Crippen molar-refractivity contribution in [2.24, 2.45) is 11.7 Å². The van der Waals surface area contributed by atoms with Gasteiger partial charge < -0.3 is 5.73 Å². The lowest BCUT2D eigenvalue weighted by Gasteiger charge is -2.42. The molecule has 0 saturated heterocycles. The maximum atomic E-state index is 6.13. The molecule has 0 amide bonds. The first-order valence-corrected chi connectivity index (χ1v) is 8.79. The zero-order chi connectivity index (χ0) is 14.5. The van der Waals surface area contributed by atoms with Crippen LogP contribution in [0, 0.1) is 5.92 Å². The minimum absolute atomic E-state index is 0.129. The van der Waals surface area contributed by atoms with Crippen LogP contribution >= 0.6 is 27.3 Å². The van der Waals surface area contributed by atoms with E-state index in [-0.39, 0.29) is 5.54 Å². The Kier molecular flexibility index (Phi) is 7.01. The Bertz CT molecular complexity index is 374. The van der Waals surface area contributed by atoms with Crippen LogP contribution in [0.1, 0.15) is 45.6 Å². The molecule has 0 saturated carbocycles. The Hall–Kier alpha value is 0.100. The van der Waals surface area contributed by atoms with Gasteiger partial charge in [0.2, 0.25) is 0 Å². The molecule has 2 nitrogen and oxygen atoms in total. The van der Waals surface area contributed by atoms with E-state index in [1.807, 2.05) is 0 Å². The maximum Gasteiger partial charge on any atom is 0.0701 e. The van der Waals surface area contributed by atoms with Crippen LogP contribution < -0.4 is 5.73 Å². The normalized spacial score (nSPS) is 16.6. The van der Waals surface area contributed by atoms with Crippen molar-refractivity contribution in [2.75, 3.05) is 13.6 Å². The van der Waals surface area contributed by atoms with Gasteiger partial charge in [-0.15, -0.1) is 11.3 Å². The average Bonchev–Trinajstić information content (AvgIpc) is 2.81. The topological polar surface area (TPSA) is 29.3 Å². The highest BCUT2D eigenvalue weighted by molar-refractivity contribution is 9.11. The van der Waals surface area contributed by atoms with Gasteiger partial charge in [0.15, 0.2) is 0 Å². The van der Waals surface area contributed by atoms with Gasteiger partial charge in [0, 0.05) is 18.6 Å². The zero-order valence-electron chi connectivity index (χ0n) is 12.6.